The summed E-state index contributed by atoms with van der Waals surface area (Å²) in [5.41, 5.74) is 2.37. The zero-order valence-corrected chi connectivity index (χ0v) is 9.49. The fourth-order valence-electron chi connectivity index (χ4n) is 1.36. The Labute approximate surface area is 90.7 Å². The Morgan fingerprint density at radius 2 is 2.07 bits per heavy atom. The minimum absolute atomic E-state index is 0.000697. The van der Waals surface area contributed by atoms with Gasteiger partial charge in [-0.3, -0.25) is 4.79 Å². The van der Waals surface area contributed by atoms with Crippen LogP contribution in [0.25, 0.3) is 0 Å². The van der Waals surface area contributed by atoms with E-state index in [4.69, 9.17) is 4.74 Å². The van der Waals surface area contributed by atoms with Crippen LogP contribution in [0.3, 0.4) is 0 Å². The van der Waals surface area contributed by atoms with Crippen molar-refractivity contribution in [1.82, 2.24) is 4.90 Å². The maximum atomic E-state index is 11.5. The number of nitrogens with zero attached hydrogens (tertiary/aromatic N) is 1. The summed E-state index contributed by atoms with van der Waals surface area (Å²) in [6, 6.07) is 8.06. The standard InChI is InChI=1S/C12H17NO2/c1-10-6-4-5-7-11(10)8-13(2)12(14)9-15-3/h4-7H,8-9H2,1-3H3. The third kappa shape index (κ3) is 3.36. The Bertz CT molecular complexity index is 336. The van der Waals surface area contributed by atoms with E-state index >= 15 is 0 Å². The molecule has 82 valence electrons. The molecule has 0 aliphatic heterocycles. The quantitative estimate of drug-likeness (QED) is 0.750. The molecule has 0 radical (unpaired) electrons. The van der Waals surface area contributed by atoms with Gasteiger partial charge < -0.3 is 9.64 Å². The highest BCUT2D eigenvalue weighted by Gasteiger charge is 2.09. The van der Waals surface area contributed by atoms with Crippen LogP contribution >= 0.6 is 0 Å². The van der Waals surface area contributed by atoms with Crippen molar-refractivity contribution in [3.8, 4) is 0 Å². The summed E-state index contributed by atoms with van der Waals surface area (Å²) in [4.78, 5) is 13.1. The molecule has 0 aliphatic rings. The Balaban J connectivity index is 2.62. The summed E-state index contributed by atoms with van der Waals surface area (Å²) in [5.74, 6) is 0.000697. The van der Waals surface area contributed by atoms with Crippen LogP contribution in [0.5, 0.6) is 0 Å². The molecule has 0 saturated heterocycles. The van der Waals surface area contributed by atoms with Crippen LogP contribution in [0.4, 0.5) is 0 Å². The highest BCUT2D eigenvalue weighted by Crippen LogP contribution is 2.09. The van der Waals surface area contributed by atoms with Gasteiger partial charge >= 0.3 is 0 Å². The van der Waals surface area contributed by atoms with E-state index in [1.165, 1.54) is 18.2 Å². The average Bonchev–Trinajstić information content (AvgIpc) is 2.21. The van der Waals surface area contributed by atoms with Crippen molar-refractivity contribution < 1.29 is 9.53 Å². The van der Waals surface area contributed by atoms with E-state index in [0.717, 1.165) is 0 Å². The maximum absolute atomic E-state index is 11.5. The van der Waals surface area contributed by atoms with Gasteiger partial charge in [0.05, 0.1) is 0 Å². The van der Waals surface area contributed by atoms with E-state index in [-0.39, 0.29) is 12.5 Å². The van der Waals surface area contributed by atoms with Crippen molar-refractivity contribution in [1.29, 1.82) is 0 Å². The minimum Gasteiger partial charge on any atom is -0.375 e. The number of ether oxygens (including phenoxy) is 1. The number of aryl methyl sites for hydroxylation is 1. The SMILES string of the molecule is COCC(=O)N(C)Cc1ccccc1C. The molecule has 0 spiro atoms. The first-order valence-electron chi connectivity index (χ1n) is 4.92. The molecule has 1 aromatic rings. The molecule has 0 unspecified atom stereocenters. The van der Waals surface area contributed by atoms with E-state index < -0.39 is 0 Å². The lowest BCUT2D eigenvalue weighted by molar-refractivity contribution is -0.134. The molecule has 3 nitrogen and oxygen atoms in total. The molecule has 0 aliphatic carbocycles. The number of carbonyl (C=O) groups is 1. The number of benzene rings is 1. The molecule has 15 heavy (non-hydrogen) atoms. The van der Waals surface area contributed by atoms with Crippen molar-refractivity contribution in [3.63, 3.8) is 0 Å². The van der Waals surface area contributed by atoms with Gasteiger partial charge in [-0.25, -0.2) is 0 Å². The summed E-state index contributed by atoms with van der Waals surface area (Å²) in [6.07, 6.45) is 0. The Hall–Kier alpha value is -1.35. The molecule has 3 heteroatoms. The summed E-state index contributed by atoms with van der Waals surface area (Å²) in [5, 5.41) is 0. The summed E-state index contributed by atoms with van der Waals surface area (Å²) < 4.78 is 4.80. The molecule has 1 aromatic carbocycles. The minimum atomic E-state index is 0.000697. The first-order valence-corrected chi connectivity index (χ1v) is 4.92. The topological polar surface area (TPSA) is 29.5 Å². The zero-order valence-electron chi connectivity index (χ0n) is 9.49. The number of likely N-dealkylation sites (N-methyl/N-ethyl adjacent to an activating group) is 1. The summed E-state index contributed by atoms with van der Waals surface area (Å²) >= 11 is 0. The molecule has 1 rings (SSSR count). The van der Waals surface area contributed by atoms with Crippen LogP contribution < -0.4 is 0 Å². The van der Waals surface area contributed by atoms with Gasteiger partial charge in [0.15, 0.2) is 0 Å². The Kier molecular flexibility index (Phi) is 4.31. The van der Waals surface area contributed by atoms with Gasteiger partial charge in [-0.2, -0.15) is 0 Å². The highest BCUT2D eigenvalue weighted by molar-refractivity contribution is 5.77. The van der Waals surface area contributed by atoms with E-state index in [2.05, 4.69) is 0 Å². The molecule has 0 heterocycles. The van der Waals surface area contributed by atoms with E-state index in [9.17, 15) is 4.79 Å². The lowest BCUT2D eigenvalue weighted by atomic mass is 10.1. The first-order chi connectivity index (χ1) is 7.15. The van der Waals surface area contributed by atoms with Crippen molar-refractivity contribution in [2.75, 3.05) is 20.8 Å². The fraction of sp³-hybridized carbons (Fsp3) is 0.417. The lowest BCUT2D eigenvalue weighted by Gasteiger charge is -2.17. The van der Waals surface area contributed by atoms with Crippen molar-refractivity contribution >= 4 is 5.91 Å². The van der Waals surface area contributed by atoms with E-state index in [1.54, 1.807) is 11.9 Å². The third-order valence-electron chi connectivity index (χ3n) is 2.36. The third-order valence-corrected chi connectivity index (χ3v) is 2.36. The van der Waals surface area contributed by atoms with Crippen LogP contribution in [0.1, 0.15) is 11.1 Å². The molecule has 0 aromatic heterocycles. The highest BCUT2D eigenvalue weighted by atomic mass is 16.5. The van der Waals surface area contributed by atoms with Crippen LogP contribution in [-0.4, -0.2) is 31.6 Å². The van der Waals surface area contributed by atoms with Crippen LogP contribution in [0.2, 0.25) is 0 Å². The van der Waals surface area contributed by atoms with Crippen LogP contribution in [-0.2, 0) is 16.1 Å². The van der Waals surface area contributed by atoms with Gasteiger partial charge in [0.1, 0.15) is 6.61 Å². The Morgan fingerprint density at radius 1 is 1.40 bits per heavy atom. The number of amides is 1. The number of hydrogen-bond acceptors (Lipinski definition) is 2. The van der Waals surface area contributed by atoms with Crippen LogP contribution in [0, 0.1) is 6.92 Å². The lowest BCUT2D eigenvalue weighted by Crippen LogP contribution is -2.29. The molecular weight excluding hydrogens is 190 g/mol. The van der Waals surface area contributed by atoms with Crippen molar-refractivity contribution in [3.05, 3.63) is 35.4 Å². The Morgan fingerprint density at radius 3 is 2.67 bits per heavy atom. The number of carbonyl (C=O) groups excluding carboxylic acids is 1. The van der Waals surface area contributed by atoms with Gasteiger partial charge in [0.2, 0.25) is 5.91 Å². The maximum Gasteiger partial charge on any atom is 0.248 e. The largest absolute Gasteiger partial charge is 0.375 e. The monoisotopic (exact) mass is 207 g/mol. The molecule has 0 fully saturated rings. The van der Waals surface area contributed by atoms with Crippen molar-refractivity contribution in [2.45, 2.75) is 13.5 Å². The molecule has 0 atom stereocenters. The first kappa shape index (κ1) is 11.7. The second kappa shape index (κ2) is 5.51. The smallest absolute Gasteiger partial charge is 0.248 e. The van der Waals surface area contributed by atoms with Crippen LogP contribution in [0.15, 0.2) is 24.3 Å². The second-order valence-electron chi connectivity index (χ2n) is 3.61. The molecule has 1 amide bonds. The predicted molar refractivity (Wildman–Crippen MR) is 59.5 cm³/mol. The van der Waals surface area contributed by atoms with Gasteiger partial charge in [-0.15, -0.1) is 0 Å². The van der Waals surface area contributed by atoms with Gasteiger partial charge in [0, 0.05) is 20.7 Å². The molecular formula is C12H17NO2. The molecule has 0 N–H and O–H groups in total. The number of methoxy groups -OCH3 is 1. The predicted octanol–water partition coefficient (Wildman–Crippen LogP) is 1.60. The summed E-state index contributed by atoms with van der Waals surface area (Å²) in [7, 11) is 3.31. The molecule has 0 saturated carbocycles. The zero-order chi connectivity index (χ0) is 11.3. The average molecular weight is 207 g/mol. The van der Waals surface area contributed by atoms with Gasteiger partial charge in [-0.05, 0) is 18.1 Å². The fourth-order valence-corrected chi connectivity index (χ4v) is 1.36. The van der Waals surface area contributed by atoms with Gasteiger partial charge in [-0.1, -0.05) is 24.3 Å². The normalized spacial score (nSPS) is 10.1. The number of rotatable bonds is 4. The van der Waals surface area contributed by atoms with Gasteiger partial charge in [0.25, 0.3) is 0 Å². The summed E-state index contributed by atoms with van der Waals surface area (Å²) in [6.45, 7) is 2.82. The van der Waals surface area contributed by atoms with E-state index in [0.29, 0.717) is 6.54 Å². The number of hydrogen-bond donors (Lipinski definition) is 0. The molecule has 0 bridgehead atoms. The van der Waals surface area contributed by atoms with E-state index in [1.807, 2.05) is 31.2 Å². The second-order valence-corrected chi connectivity index (χ2v) is 3.61. The van der Waals surface area contributed by atoms with Crippen molar-refractivity contribution in [2.24, 2.45) is 0 Å².